The number of pyridine rings is 2. The van der Waals surface area contributed by atoms with Gasteiger partial charge in [0.2, 0.25) is 0 Å². The molecule has 0 aliphatic rings. The summed E-state index contributed by atoms with van der Waals surface area (Å²) in [4.78, 5) is 19.5. The molecule has 0 aromatic carbocycles. The summed E-state index contributed by atoms with van der Waals surface area (Å²) in [5.74, 6) is 5.38. The van der Waals surface area contributed by atoms with Gasteiger partial charge in [0.15, 0.2) is 0 Å². The maximum absolute atomic E-state index is 11.2. The van der Waals surface area contributed by atoms with Gasteiger partial charge >= 0.3 is 0 Å². The molecule has 0 saturated carbocycles. The Bertz CT molecular complexity index is 569. The Hall–Kier alpha value is -2.47. The fourth-order valence-electron chi connectivity index (χ4n) is 1.50. The van der Waals surface area contributed by atoms with Crippen LogP contribution in [0, 0.1) is 6.92 Å². The van der Waals surface area contributed by atoms with Crippen LogP contribution in [0.2, 0.25) is 0 Å². The molecule has 98 valence electrons. The molecule has 3 N–H and O–H groups in total. The molecule has 0 aliphatic carbocycles. The highest BCUT2D eigenvalue weighted by molar-refractivity contribution is 5.93. The monoisotopic (exact) mass is 258 g/mol. The van der Waals surface area contributed by atoms with E-state index in [1.165, 1.54) is 6.20 Å². The number of rotatable bonds is 4. The van der Waals surface area contributed by atoms with E-state index in [0.717, 1.165) is 11.4 Å². The molecule has 0 radical (unpaired) electrons. The minimum atomic E-state index is -0.372. The minimum absolute atomic E-state index is 0.317. The molecule has 0 saturated heterocycles. The number of hydrogen-bond donors (Lipinski definition) is 2. The Morgan fingerprint density at radius 3 is 2.84 bits per heavy atom. The number of nitrogens with two attached hydrogens (primary N) is 1. The minimum Gasteiger partial charge on any atom is -0.485 e. The molecule has 2 aromatic heterocycles. The first kappa shape index (κ1) is 13.0. The van der Waals surface area contributed by atoms with E-state index in [0.29, 0.717) is 17.9 Å². The van der Waals surface area contributed by atoms with Crippen LogP contribution in [0.4, 0.5) is 0 Å². The number of aryl methyl sites for hydroxylation is 1. The number of aromatic nitrogens is 2. The Labute approximate surface area is 110 Å². The van der Waals surface area contributed by atoms with E-state index in [-0.39, 0.29) is 5.91 Å². The predicted octanol–water partition coefficient (Wildman–Crippen LogP) is 0.968. The van der Waals surface area contributed by atoms with Gasteiger partial charge in [0, 0.05) is 12.4 Å². The summed E-state index contributed by atoms with van der Waals surface area (Å²) in [6, 6.07) is 7.02. The highest BCUT2D eigenvalue weighted by atomic mass is 16.5. The number of hydrogen-bond acceptors (Lipinski definition) is 5. The number of nitrogens with one attached hydrogen (secondary N) is 1. The number of ether oxygens (including phenoxy) is 1. The van der Waals surface area contributed by atoms with Crippen LogP contribution in [0.3, 0.4) is 0 Å². The molecule has 0 atom stereocenters. The quantitative estimate of drug-likeness (QED) is 0.484. The van der Waals surface area contributed by atoms with Crippen LogP contribution in [0.25, 0.3) is 0 Å². The Morgan fingerprint density at radius 2 is 2.21 bits per heavy atom. The molecule has 0 spiro atoms. The van der Waals surface area contributed by atoms with Crippen molar-refractivity contribution in [3.63, 3.8) is 0 Å². The Morgan fingerprint density at radius 1 is 1.37 bits per heavy atom. The van der Waals surface area contributed by atoms with Gasteiger partial charge < -0.3 is 4.74 Å². The summed E-state index contributed by atoms with van der Waals surface area (Å²) < 4.78 is 5.60. The topological polar surface area (TPSA) is 90.1 Å². The number of carbonyl (C=O) groups is 1. The zero-order chi connectivity index (χ0) is 13.7. The third-order valence-corrected chi connectivity index (χ3v) is 2.55. The SMILES string of the molecule is Cc1ncccc1OCc1ccc(C(=O)NN)cn1. The molecule has 0 unspecified atom stereocenters. The van der Waals surface area contributed by atoms with Crippen LogP contribution >= 0.6 is 0 Å². The smallest absolute Gasteiger partial charge is 0.266 e. The fourth-order valence-corrected chi connectivity index (χ4v) is 1.50. The maximum Gasteiger partial charge on any atom is 0.266 e. The molecule has 0 fully saturated rings. The van der Waals surface area contributed by atoms with Gasteiger partial charge in [0.05, 0.1) is 17.0 Å². The van der Waals surface area contributed by atoms with Gasteiger partial charge in [0.1, 0.15) is 12.4 Å². The third kappa shape index (κ3) is 3.26. The van der Waals surface area contributed by atoms with Gasteiger partial charge in [-0.3, -0.25) is 20.2 Å². The highest BCUT2D eigenvalue weighted by Gasteiger charge is 2.05. The Balaban J connectivity index is 2.01. The van der Waals surface area contributed by atoms with Crippen LogP contribution in [0.1, 0.15) is 21.7 Å². The molecule has 2 rings (SSSR count). The average Bonchev–Trinajstić information content (AvgIpc) is 2.46. The first-order chi connectivity index (χ1) is 9.20. The summed E-state index contributed by atoms with van der Waals surface area (Å²) in [6.45, 7) is 2.19. The van der Waals surface area contributed by atoms with Crippen molar-refractivity contribution in [1.29, 1.82) is 0 Å². The lowest BCUT2D eigenvalue weighted by Gasteiger charge is -2.07. The van der Waals surface area contributed by atoms with Gasteiger partial charge in [-0.1, -0.05) is 0 Å². The van der Waals surface area contributed by atoms with Gasteiger partial charge in [-0.05, 0) is 31.2 Å². The van der Waals surface area contributed by atoms with E-state index in [9.17, 15) is 4.79 Å². The molecule has 6 heteroatoms. The predicted molar refractivity (Wildman–Crippen MR) is 69.2 cm³/mol. The molecule has 2 heterocycles. The number of nitrogens with zero attached hydrogens (tertiary/aromatic N) is 2. The summed E-state index contributed by atoms with van der Waals surface area (Å²) in [6.07, 6.45) is 3.16. The molecular formula is C13H14N4O2. The van der Waals surface area contributed by atoms with Crippen molar-refractivity contribution >= 4 is 5.91 Å². The lowest BCUT2D eigenvalue weighted by molar-refractivity contribution is 0.0953. The molecular weight excluding hydrogens is 244 g/mol. The van der Waals surface area contributed by atoms with Gasteiger partial charge in [0.25, 0.3) is 5.91 Å². The third-order valence-electron chi connectivity index (χ3n) is 2.55. The number of amides is 1. The highest BCUT2D eigenvalue weighted by Crippen LogP contribution is 2.15. The maximum atomic E-state index is 11.2. The van der Waals surface area contributed by atoms with E-state index in [2.05, 4.69) is 9.97 Å². The lowest BCUT2D eigenvalue weighted by atomic mass is 10.2. The summed E-state index contributed by atoms with van der Waals surface area (Å²) in [7, 11) is 0. The molecule has 19 heavy (non-hydrogen) atoms. The van der Waals surface area contributed by atoms with Crippen molar-refractivity contribution in [3.05, 3.63) is 53.6 Å². The second-order valence-corrected chi connectivity index (χ2v) is 3.89. The summed E-state index contributed by atoms with van der Waals surface area (Å²) >= 11 is 0. The van der Waals surface area contributed by atoms with E-state index < -0.39 is 0 Å². The normalized spacial score (nSPS) is 10.0. The van der Waals surface area contributed by atoms with Crippen molar-refractivity contribution in [1.82, 2.24) is 15.4 Å². The van der Waals surface area contributed by atoms with Crippen LogP contribution in [0.15, 0.2) is 36.7 Å². The standard InChI is InChI=1S/C13H14N4O2/c1-9-12(3-2-6-15-9)19-8-11-5-4-10(7-16-11)13(18)17-14/h2-7H,8,14H2,1H3,(H,17,18). The first-order valence-electron chi connectivity index (χ1n) is 5.71. The molecule has 1 amide bonds. The second kappa shape index (κ2) is 5.92. The average molecular weight is 258 g/mol. The van der Waals surface area contributed by atoms with E-state index in [1.54, 1.807) is 18.3 Å². The van der Waals surface area contributed by atoms with Crippen molar-refractivity contribution in [2.45, 2.75) is 13.5 Å². The van der Waals surface area contributed by atoms with Gasteiger partial charge in [-0.15, -0.1) is 0 Å². The molecule has 0 aliphatic heterocycles. The zero-order valence-corrected chi connectivity index (χ0v) is 10.5. The van der Waals surface area contributed by atoms with Gasteiger partial charge in [-0.2, -0.15) is 0 Å². The number of nitrogen functional groups attached to an aromatic ring is 1. The lowest BCUT2D eigenvalue weighted by Crippen LogP contribution is -2.30. The number of carbonyl (C=O) groups excluding carboxylic acids is 1. The number of hydrazine groups is 1. The van der Waals surface area contributed by atoms with Crippen LogP contribution in [-0.4, -0.2) is 15.9 Å². The molecule has 2 aromatic rings. The van der Waals surface area contributed by atoms with Gasteiger partial charge in [-0.25, -0.2) is 5.84 Å². The van der Waals surface area contributed by atoms with E-state index >= 15 is 0 Å². The second-order valence-electron chi connectivity index (χ2n) is 3.89. The van der Waals surface area contributed by atoms with Crippen LogP contribution in [-0.2, 0) is 6.61 Å². The van der Waals surface area contributed by atoms with Crippen LogP contribution in [0.5, 0.6) is 5.75 Å². The van der Waals surface area contributed by atoms with Crippen LogP contribution < -0.4 is 16.0 Å². The molecule has 0 bridgehead atoms. The Kier molecular flexibility index (Phi) is 4.04. The zero-order valence-electron chi connectivity index (χ0n) is 10.5. The van der Waals surface area contributed by atoms with E-state index in [1.807, 2.05) is 24.5 Å². The summed E-state index contributed by atoms with van der Waals surface area (Å²) in [5.41, 5.74) is 3.99. The first-order valence-corrected chi connectivity index (χ1v) is 5.71. The summed E-state index contributed by atoms with van der Waals surface area (Å²) in [5, 5.41) is 0. The van der Waals surface area contributed by atoms with E-state index in [4.69, 9.17) is 10.6 Å². The molecule has 6 nitrogen and oxygen atoms in total. The van der Waals surface area contributed by atoms with Crippen molar-refractivity contribution in [2.24, 2.45) is 5.84 Å². The van der Waals surface area contributed by atoms with Crippen molar-refractivity contribution in [3.8, 4) is 5.75 Å². The largest absolute Gasteiger partial charge is 0.485 e. The van der Waals surface area contributed by atoms with Crippen molar-refractivity contribution < 1.29 is 9.53 Å². The van der Waals surface area contributed by atoms with Crippen molar-refractivity contribution in [2.75, 3.05) is 0 Å². The fraction of sp³-hybridized carbons (Fsp3) is 0.154.